The molecule has 2 unspecified atom stereocenters. The Morgan fingerprint density at radius 1 is 1.33 bits per heavy atom. The average molecular weight is 370 g/mol. The van der Waals surface area contributed by atoms with E-state index in [1.165, 1.54) is 0 Å². The molecule has 0 saturated carbocycles. The predicted octanol–water partition coefficient (Wildman–Crippen LogP) is 0.987. The van der Waals surface area contributed by atoms with Crippen LogP contribution < -0.4 is 10.6 Å². The van der Waals surface area contributed by atoms with Crippen LogP contribution >= 0.6 is 0 Å². The fourth-order valence-corrected chi connectivity index (χ4v) is 4.01. The SMILES string of the molecule is Cc1[nH]nc2ncc(C(=O)N3CCCC(CNC(=O)C4CCCN4)C3)cc12. The first-order valence-corrected chi connectivity index (χ1v) is 9.73. The maximum atomic E-state index is 12.9. The number of piperidine rings is 1. The number of aromatic amines is 1. The second-order valence-corrected chi connectivity index (χ2v) is 7.60. The number of nitrogens with one attached hydrogen (secondary N) is 3. The first-order valence-electron chi connectivity index (χ1n) is 9.73. The van der Waals surface area contributed by atoms with Crippen LogP contribution in [0.15, 0.2) is 12.3 Å². The van der Waals surface area contributed by atoms with Crippen LogP contribution in [0.25, 0.3) is 11.0 Å². The van der Waals surface area contributed by atoms with E-state index in [1.54, 1.807) is 6.20 Å². The number of rotatable bonds is 4. The van der Waals surface area contributed by atoms with Crippen molar-refractivity contribution in [1.29, 1.82) is 0 Å². The van der Waals surface area contributed by atoms with Crippen molar-refractivity contribution in [3.63, 3.8) is 0 Å². The molecule has 8 nitrogen and oxygen atoms in total. The summed E-state index contributed by atoms with van der Waals surface area (Å²) in [6, 6.07) is 1.81. The maximum Gasteiger partial charge on any atom is 0.255 e. The molecule has 4 rings (SSSR count). The summed E-state index contributed by atoms with van der Waals surface area (Å²) in [5.74, 6) is 0.375. The van der Waals surface area contributed by atoms with E-state index >= 15 is 0 Å². The van der Waals surface area contributed by atoms with Crippen LogP contribution in [-0.2, 0) is 4.79 Å². The third kappa shape index (κ3) is 3.80. The molecule has 2 saturated heterocycles. The highest BCUT2D eigenvalue weighted by Crippen LogP contribution is 2.20. The quantitative estimate of drug-likeness (QED) is 0.745. The van der Waals surface area contributed by atoms with Gasteiger partial charge in [-0.3, -0.25) is 14.7 Å². The lowest BCUT2D eigenvalue weighted by molar-refractivity contribution is -0.123. The van der Waals surface area contributed by atoms with E-state index in [0.717, 1.165) is 49.9 Å². The van der Waals surface area contributed by atoms with Gasteiger partial charge >= 0.3 is 0 Å². The number of carbonyl (C=O) groups excluding carboxylic acids is 2. The van der Waals surface area contributed by atoms with Crippen molar-refractivity contribution in [1.82, 2.24) is 30.7 Å². The highest BCUT2D eigenvalue weighted by atomic mass is 16.2. The van der Waals surface area contributed by atoms with E-state index in [-0.39, 0.29) is 17.9 Å². The van der Waals surface area contributed by atoms with Gasteiger partial charge in [0.25, 0.3) is 5.91 Å². The number of amides is 2. The van der Waals surface area contributed by atoms with E-state index in [1.807, 2.05) is 17.9 Å². The van der Waals surface area contributed by atoms with Gasteiger partial charge in [0.05, 0.1) is 11.6 Å². The van der Waals surface area contributed by atoms with Gasteiger partial charge in [0.2, 0.25) is 5.91 Å². The minimum absolute atomic E-state index is 0.00140. The molecule has 0 bridgehead atoms. The highest BCUT2D eigenvalue weighted by Gasteiger charge is 2.27. The molecule has 0 aliphatic carbocycles. The molecule has 0 spiro atoms. The molecule has 8 heteroatoms. The van der Waals surface area contributed by atoms with Crippen LogP contribution in [0.1, 0.15) is 41.7 Å². The molecule has 2 atom stereocenters. The number of fused-ring (bicyclic) bond motifs is 1. The van der Waals surface area contributed by atoms with Crippen molar-refractivity contribution in [3.05, 3.63) is 23.5 Å². The zero-order valence-electron chi connectivity index (χ0n) is 15.6. The number of carbonyl (C=O) groups is 2. The Morgan fingerprint density at radius 2 is 2.22 bits per heavy atom. The van der Waals surface area contributed by atoms with Crippen LogP contribution in [0, 0.1) is 12.8 Å². The van der Waals surface area contributed by atoms with Crippen LogP contribution in [0.2, 0.25) is 0 Å². The molecule has 27 heavy (non-hydrogen) atoms. The molecule has 3 N–H and O–H groups in total. The summed E-state index contributed by atoms with van der Waals surface area (Å²) in [5, 5.41) is 14.2. The Bertz CT molecular complexity index is 842. The molecule has 4 heterocycles. The summed E-state index contributed by atoms with van der Waals surface area (Å²) in [7, 11) is 0. The highest BCUT2D eigenvalue weighted by molar-refractivity contribution is 5.97. The van der Waals surface area contributed by atoms with Gasteiger partial charge in [-0.2, -0.15) is 5.10 Å². The largest absolute Gasteiger partial charge is 0.354 e. The van der Waals surface area contributed by atoms with Gasteiger partial charge in [-0.05, 0) is 51.1 Å². The Morgan fingerprint density at radius 3 is 3.04 bits per heavy atom. The molecular formula is C19H26N6O2. The molecule has 0 aromatic carbocycles. The number of aromatic nitrogens is 3. The maximum absolute atomic E-state index is 12.9. The lowest BCUT2D eigenvalue weighted by Crippen LogP contribution is -2.46. The lowest BCUT2D eigenvalue weighted by atomic mass is 9.97. The summed E-state index contributed by atoms with van der Waals surface area (Å²) in [5.41, 5.74) is 2.13. The monoisotopic (exact) mass is 370 g/mol. The summed E-state index contributed by atoms with van der Waals surface area (Å²) >= 11 is 0. The molecular weight excluding hydrogens is 344 g/mol. The van der Waals surface area contributed by atoms with Crippen molar-refractivity contribution in [2.45, 2.75) is 38.6 Å². The number of hydrogen-bond acceptors (Lipinski definition) is 5. The van der Waals surface area contributed by atoms with Crippen LogP contribution in [0.3, 0.4) is 0 Å². The van der Waals surface area contributed by atoms with Crippen LogP contribution in [-0.4, -0.2) is 64.1 Å². The molecule has 2 aliphatic rings. The third-order valence-electron chi connectivity index (χ3n) is 5.60. The summed E-state index contributed by atoms with van der Waals surface area (Å²) in [4.78, 5) is 31.3. The van der Waals surface area contributed by atoms with Gasteiger partial charge in [-0.25, -0.2) is 4.98 Å². The second kappa shape index (κ2) is 7.64. The van der Waals surface area contributed by atoms with Crippen molar-refractivity contribution in [3.8, 4) is 0 Å². The first kappa shape index (κ1) is 17.9. The van der Waals surface area contributed by atoms with Crippen molar-refractivity contribution >= 4 is 22.8 Å². The molecule has 0 radical (unpaired) electrons. The number of H-pyrrole nitrogens is 1. The number of hydrogen-bond donors (Lipinski definition) is 3. The fraction of sp³-hybridized carbons (Fsp3) is 0.579. The van der Waals surface area contributed by atoms with Gasteiger partial charge < -0.3 is 15.5 Å². The Kier molecular flexibility index (Phi) is 5.07. The minimum atomic E-state index is -0.0534. The Balaban J connectivity index is 1.37. The zero-order valence-corrected chi connectivity index (χ0v) is 15.6. The van der Waals surface area contributed by atoms with E-state index in [4.69, 9.17) is 0 Å². The molecule has 2 aromatic heterocycles. The molecule has 2 aliphatic heterocycles. The van der Waals surface area contributed by atoms with E-state index in [2.05, 4.69) is 25.8 Å². The standard InChI is InChI=1S/C19H26N6O2/c1-12-15-8-14(10-21-17(15)24-23-12)19(27)25-7-3-4-13(11-25)9-22-18(26)16-5-2-6-20-16/h8,10,13,16,20H,2-7,9,11H2,1H3,(H,22,26)(H,21,23,24). The molecule has 144 valence electrons. The van der Waals surface area contributed by atoms with Gasteiger partial charge in [-0.1, -0.05) is 0 Å². The first-order chi connectivity index (χ1) is 13.1. The van der Waals surface area contributed by atoms with Crippen molar-refractivity contribution in [2.75, 3.05) is 26.2 Å². The number of likely N-dealkylation sites (tertiary alicyclic amines) is 1. The predicted molar refractivity (Wildman–Crippen MR) is 101 cm³/mol. The normalized spacial score (nSPS) is 22.9. The molecule has 2 fully saturated rings. The Hall–Kier alpha value is -2.48. The summed E-state index contributed by atoms with van der Waals surface area (Å²) in [6.45, 7) is 4.87. The van der Waals surface area contributed by atoms with E-state index < -0.39 is 0 Å². The summed E-state index contributed by atoms with van der Waals surface area (Å²) in [6.07, 6.45) is 5.54. The fourth-order valence-electron chi connectivity index (χ4n) is 4.01. The van der Waals surface area contributed by atoms with E-state index in [0.29, 0.717) is 30.2 Å². The number of pyridine rings is 1. The number of nitrogens with zero attached hydrogens (tertiary/aromatic N) is 3. The van der Waals surface area contributed by atoms with Gasteiger partial charge in [0.15, 0.2) is 5.65 Å². The molecule has 2 amide bonds. The van der Waals surface area contributed by atoms with Crippen molar-refractivity contribution in [2.24, 2.45) is 5.92 Å². The third-order valence-corrected chi connectivity index (χ3v) is 5.60. The number of aryl methyl sites for hydroxylation is 1. The minimum Gasteiger partial charge on any atom is -0.354 e. The van der Waals surface area contributed by atoms with Crippen molar-refractivity contribution < 1.29 is 9.59 Å². The van der Waals surface area contributed by atoms with Crippen LogP contribution in [0.4, 0.5) is 0 Å². The smallest absolute Gasteiger partial charge is 0.255 e. The summed E-state index contributed by atoms with van der Waals surface area (Å²) < 4.78 is 0. The Labute approximate surface area is 158 Å². The van der Waals surface area contributed by atoms with E-state index in [9.17, 15) is 9.59 Å². The average Bonchev–Trinajstić information content (AvgIpc) is 3.36. The molecule has 2 aromatic rings. The van der Waals surface area contributed by atoms with Gasteiger partial charge in [0, 0.05) is 36.9 Å². The second-order valence-electron chi connectivity index (χ2n) is 7.60. The zero-order chi connectivity index (χ0) is 18.8. The van der Waals surface area contributed by atoms with Gasteiger partial charge in [-0.15, -0.1) is 0 Å². The van der Waals surface area contributed by atoms with Crippen LogP contribution in [0.5, 0.6) is 0 Å². The topological polar surface area (TPSA) is 103 Å². The van der Waals surface area contributed by atoms with Gasteiger partial charge in [0.1, 0.15) is 0 Å². The lowest BCUT2D eigenvalue weighted by Gasteiger charge is -2.33.